The summed E-state index contributed by atoms with van der Waals surface area (Å²) in [7, 11) is 0. The minimum atomic E-state index is -0.455. The Bertz CT molecular complexity index is 533. The Kier molecular flexibility index (Phi) is 11.3. The van der Waals surface area contributed by atoms with Crippen LogP contribution in [0.3, 0.4) is 0 Å². The third-order valence-corrected chi connectivity index (χ3v) is 5.57. The van der Waals surface area contributed by atoms with Gasteiger partial charge in [0.1, 0.15) is 0 Å². The fraction of sp³-hybridized carbons (Fsp3) is 0.650. The molecule has 2 aliphatic heterocycles. The second-order valence-electron chi connectivity index (χ2n) is 7.34. The first-order chi connectivity index (χ1) is 12.2. The summed E-state index contributed by atoms with van der Waals surface area (Å²) in [6.45, 7) is 6.11. The average molecular weight is 418 g/mol. The first-order valence-electron chi connectivity index (χ1n) is 9.66. The topological polar surface area (TPSA) is 55.8 Å². The van der Waals surface area contributed by atoms with Crippen LogP contribution < -0.4 is 5.32 Å². The van der Waals surface area contributed by atoms with Crippen molar-refractivity contribution in [2.24, 2.45) is 5.92 Å². The van der Waals surface area contributed by atoms with Crippen molar-refractivity contribution in [2.75, 3.05) is 45.8 Å². The first kappa shape index (κ1) is 24.2. The standard InChI is InChI=1S/C20H31N3O2.2ClH/c24-19(18-4-2-1-3-5-18)16-22-12-14-23(15-13-22)20(25)7-6-17-8-10-21-11-9-17;;/h1-5,17,19,21,24H,6-16H2;2*1H. The van der Waals surface area contributed by atoms with Gasteiger partial charge in [-0.25, -0.2) is 0 Å². The van der Waals surface area contributed by atoms with Crippen LogP contribution in [0.4, 0.5) is 0 Å². The molecular weight excluding hydrogens is 385 g/mol. The van der Waals surface area contributed by atoms with Gasteiger partial charge in [-0.3, -0.25) is 9.69 Å². The molecule has 0 aromatic heterocycles. The summed E-state index contributed by atoms with van der Waals surface area (Å²) in [5, 5.41) is 13.7. The van der Waals surface area contributed by atoms with Crippen molar-refractivity contribution in [3.63, 3.8) is 0 Å². The van der Waals surface area contributed by atoms with E-state index < -0.39 is 6.10 Å². The fourth-order valence-corrected chi connectivity index (χ4v) is 3.86. The quantitative estimate of drug-likeness (QED) is 0.746. The minimum absolute atomic E-state index is 0. The van der Waals surface area contributed by atoms with Crippen LogP contribution in [0.15, 0.2) is 30.3 Å². The number of hydrogen-bond donors (Lipinski definition) is 2. The van der Waals surface area contributed by atoms with Crippen LogP contribution in [0, 0.1) is 5.92 Å². The summed E-state index contributed by atoms with van der Waals surface area (Å²) in [5.41, 5.74) is 0.961. The molecule has 1 aromatic rings. The second kappa shape index (κ2) is 12.6. The van der Waals surface area contributed by atoms with Crippen molar-refractivity contribution in [1.29, 1.82) is 0 Å². The molecule has 0 radical (unpaired) electrons. The van der Waals surface area contributed by atoms with Crippen LogP contribution in [0.1, 0.15) is 37.4 Å². The number of piperazine rings is 1. The van der Waals surface area contributed by atoms with Gasteiger partial charge in [0.25, 0.3) is 0 Å². The number of hydrogen-bond acceptors (Lipinski definition) is 4. The molecule has 27 heavy (non-hydrogen) atoms. The molecule has 2 fully saturated rings. The predicted molar refractivity (Wildman–Crippen MR) is 114 cm³/mol. The third kappa shape index (κ3) is 7.59. The molecule has 0 spiro atoms. The number of piperidine rings is 1. The minimum Gasteiger partial charge on any atom is -0.387 e. The maximum atomic E-state index is 12.4. The SMILES string of the molecule is Cl.Cl.O=C(CCC1CCNCC1)N1CCN(CC(O)c2ccccc2)CC1. The lowest BCUT2D eigenvalue weighted by molar-refractivity contribution is -0.133. The molecule has 154 valence electrons. The lowest BCUT2D eigenvalue weighted by Crippen LogP contribution is -2.49. The van der Waals surface area contributed by atoms with Crippen LogP contribution in [0.5, 0.6) is 0 Å². The Hall–Kier alpha value is -0.850. The van der Waals surface area contributed by atoms with Gasteiger partial charge in [-0.15, -0.1) is 24.8 Å². The number of rotatable bonds is 6. The van der Waals surface area contributed by atoms with Gasteiger partial charge >= 0.3 is 0 Å². The van der Waals surface area contributed by atoms with Crippen LogP contribution >= 0.6 is 24.8 Å². The molecule has 2 saturated heterocycles. The number of carbonyl (C=O) groups excluding carboxylic acids is 1. The molecule has 2 aliphatic rings. The fourth-order valence-electron chi connectivity index (χ4n) is 3.86. The Labute approximate surface area is 175 Å². The van der Waals surface area contributed by atoms with Crippen LogP contribution in [-0.4, -0.2) is 66.6 Å². The second-order valence-corrected chi connectivity index (χ2v) is 7.34. The van der Waals surface area contributed by atoms with E-state index in [2.05, 4.69) is 10.2 Å². The van der Waals surface area contributed by atoms with Gasteiger partial charge in [0.05, 0.1) is 6.10 Å². The summed E-state index contributed by atoms with van der Waals surface area (Å²) in [4.78, 5) is 16.7. The number of nitrogens with one attached hydrogen (secondary N) is 1. The van der Waals surface area contributed by atoms with E-state index in [0.717, 1.165) is 51.3 Å². The Morgan fingerprint density at radius 3 is 2.33 bits per heavy atom. The molecule has 2 heterocycles. The smallest absolute Gasteiger partial charge is 0.222 e. The number of aliphatic hydroxyl groups excluding tert-OH is 1. The van der Waals surface area contributed by atoms with Gasteiger partial charge in [-0.05, 0) is 43.8 Å². The van der Waals surface area contributed by atoms with Gasteiger partial charge in [-0.2, -0.15) is 0 Å². The van der Waals surface area contributed by atoms with E-state index in [4.69, 9.17) is 0 Å². The van der Waals surface area contributed by atoms with E-state index >= 15 is 0 Å². The number of β-amino-alcohol motifs (C(OH)–C–C–N with tert-alkyl or cyclic N) is 1. The van der Waals surface area contributed by atoms with Crippen LogP contribution in [0.2, 0.25) is 0 Å². The lowest BCUT2D eigenvalue weighted by Gasteiger charge is -2.36. The molecule has 5 nitrogen and oxygen atoms in total. The van der Waals surface area contributed by atoms with E-state index in [1.165, 1.54) is 12.8 Å². The molecule has 0 saturated carbocycles. The van der Waals surface area contributed by atoms with E-state index in [1.807, 2.05) is 35.2 Å². The number of carbonyl (C=O) groups is 1. The highest BCUT2D eigenvalue weighted by Crippen LogP contribution is 2.19. The summed E-state index contributed by atoms with van der Waals surface area (Å²) in [5.74, 6) is 1.02. The van der Waals surface area contributed by atoms with Gasteiger partial charge in [0.15, 0.2) is 0 Å². The highest BCUT2D eigenvalue weighted by Gasteiger charge is 2.23. The maximum Gasteiger partial charge on any atom is 0.222 e. The maximum absolute atomic E-state index is 12.4. The van der Waals surface area contributed by atoms with Crippen molar-refractivity contribution in [2.45, 2.75) is 31.8 Å². The van der Waals surface area contributed by atoms with Crippen molar-refractivity contribution in [1.82, 2.24) is 15.1 Å². The zero-order valence-corrected chi connectivity index (χ0v) is 17.5. The zero-order chi connectivity index (χ0) is 17.5. The normalized spacial score (nSPS) is 19.7. The highest BCUT2D eigenvalue weighted by molar-refractivity contribution is 5.85. The van der Waals surface area contributed by atoms with E-state index in [1.54, 1.807) is 0 Å². The number of nitrogens with zero attached hydrogens (tertiary/aromatic N) is 2. The van der Waals surface area contributed by atoms with E-state index in [-0.39, 0.29) is 24.8 Å². The average Bonchev–Trinajstić information content (AvgIpc) is 2.68. The monoisotopic (exact) mass is 417 g/mol. The van der Waals surface area contributed by atoms with Gasteiger partial charge in [-0.1, -0.05) is 30.3 Å². The third-order valence-electron chi connectivity index (χ3n) is 5.57. The molecule has 1 aromatic carbocycles. The van der Waals surface area contributed by atoms with Crippen LogP contribution in [0.25, 0.3) is 0 Å². The molecule has 7 heteroatoms. The van der Waals surface area contributed by atoms with Crippen molar-refractivity contribution >= 4 is 30.7 Å². The number of amides is 1. The Morgan fingerprint density at radius 1 is 1.07 bits per heavy atom. The Morgan fingerprint density at radius 2 is 1.70 bits per heavy atom. The van der Waals surface area contributed by atoms with Crippen molar-refractivity contribution in [3.05, 3.63) is 35.9 Å². The number of benzene rings is 1. The van der Waals surface area contributed by atoms with Crippen LogP contribution in [-0.2, 0) is 4.79 Å². The Balaban J connectivity index is 0.00000182. The lowest BCUT2D eigenvalue weighted by atomic mass is 9.93. The van der Waals surface area contributed by atoms with Gasteiger partial charge < -0.3 is 15.3 Å². The molecule has 0 bridgehead atoms. The highest BCUT2D eigenvalue weighted by atomic mass is 35.5. The van der Waals surface area contributed by atoms with Gasteiger partial charge in [0.2, 0.25) is 5.91 Å². The zero-order valence-electron chi connectivity index (χ0n) is 15.9. The molecule has 3 rings (SSSR count). The molecule has 1 unspecified atom stereocenters. The summed E-state index contributed by atoms with van der Waals surface area (Å²) in [6.07, 6.45) is 3.69. The number of aliphatic hydroxyl groups is 1. The molecule has 1 atom stereocenters. The van der Waals surface area contributed by atoms with Gasteiger partial charge in [0, 0.05) is 39.1 Å². The molecular formula is C20H33Cl2N3O2. The van der Waals surface area contributed by atoms with Crippen molar-refractivity contribution in [3.8, 4) is 0 Å². The first-order valence-corrected chi connectivity index (χ1v) is 9.66. The van der Waals surface area contributed by atoms with E-state index in [9.17, 15) is 9.90 Å². The number of halogens is 2. The summed E-state index contributed by atoms with van der Waals surface area (Å²) in [6, 6.07) is 9.80. The van der Waals surface area contributed by atoms with E-state index in [0.29, 0.717) is 24.8 Å². The predicted octanol–water partition coefficient (Wildman–Crippen LogP) is 2.49. The van der Waals surface area contributed by atoms with Crippen molar-refractivity contribution < 1.29 is 9.90 Å². The summed E-state index contributed by atoms with van der Waals surface area (Å²) >= 11 is 0. The largest absolute Gasteiger partial charge is 0.387 e. The summed E-state index contributed by atoms with van der Waals surface area (Å²) < 4.78 is 0. The molecule has 2 N–H and O–H groups in total. The molecule has 1 amide bonds. The molecule has 0 aliphatic carbocycles.